The lowest BCUT2D eigenvalue weighted by atomic mass is 10.1. The van der Waals surface area contributed by atoms with Gasteiger partial charge in [-0.1, -0.05) is 12.1 Å². The van der Waals surface area contributed by atoms with E-state index in [9.17, 15) is 13.2 Å². The quantitative estimate of drug-likeness (QED) is 0.777. The zero-order valence-electron chi connectivity index (χ0n) is 12.0. The number of ether oxygens (including phenoxy) is 1. The molecule has 0 aromatic heterocycles. The van der Waals surface area contributed by atoms with Gasteiger partial charge in [0.25, 0.3) is 0 Å². The summed E-state index contributed by atoms with van der Waals surface area (Å²) >= 11 is 0. The molecule has 1 unspecified atom stereocenters. The summed E-state index contributed by atoms with van der Waals surface area (Å²) in [5.74, 6) is 0.0340. The van der Waals surface area contributed by atoms with E-state index in [-0.39, 0.29) is 30.1 Å². The highest BCUT2D eigenvalue weighted by molar-refractivity contribution is 8.13. The molecule has 1 fully saturated rings. The van der Waals surface area contributed by atoms with E-state index in [1.165, 1.54) is 0 Å². The van der Waals surface area contributed by atoms with Crippen molar-refractivity contribution >= 4 is 31.3 Å². The van der Waals surface area contributed by atoms with Crippen LogP contribution in [0.2, 0.25) is 0 Å². The number of para-hydroxylation sites is 2. The second-order valence-electron chi connectivity index (χ2n) is 5.41. The molecule has 1 amide bonds. The van der Waals surface area contributed by atoms with Gasteiger partial charge in [-0.15, -0.1) is 0 Å². The van der Waals surface area contributed by atoms with Crippen LogP contribution < -0.4 is 9.64 Å². The summed E-state index contributed by atoms with van der Waals surface area (Å²) < 4.78 is 28.0. The topological polar surface area (TPSA) is 63.7 Å². The summed E-state index contributed by atoms with van der Waals surface area (Å²) in [6, 6.07) is 7.26. The molecule has 0 bridgehead atoms. The summed E-state index contributed by atoms with van der Waals surface area (Å²) in [6.45, 7) is 4.15. The van der Waals surface area contributed by atoms with E-state index in [0.29, 0.717) is 18.0 Å². The Morgan fingerprint density at radius 1 is 1.38 bits per heavy atom. The highest BCUT2D eigenvalue weighted by Crippen LogP contribution is 2.34. The van der Waals surface area contributed by atoms with Crippen molar-refractivity contribution in [3.05, 3.63) is 24.3 Å². The zero-order chi connectivity index (χ0) is 15.6. The number of halogens is 1. The van der Waals surface area contributed by atoms with Crippen LogP contribution in [0.5, 0.6) is 5.75 Å². The summed E-state index contributed by atoms with van der Waals surface area (Å²) in [4.78, 5) is 13.7. The summed E-state index contributed by atoms with van der Waals surface area (Å²) in [5, 5.41) is 0. The lowest BCUT2D eigenvalue weighted by Crippen LogP contribution is -2.26. The van der Waals surface area contributed by atoms with Gasteiger partial charge in [-0.25, -0.2) is 8.42 Å². The number of rotatable bonds is 5. The number of anilines is 1. The van der Waals surface area contributed by atoms with Crippen molar-refractivity contribution in [1.82, 2.24) is 0 Å². The SMILES string of the molecule is CC(C)Oc1ccccc1N1CC(CS(=O)(=O)Cl)CC1=O. The predicted molar refractivity (Wildman–Crippen MR) is 82.3 cm³/mol. The minimum Gasteiger partial charge on any atom is -0.489 e. The third kappa shape index (κ3) is 4.35. The fourth-order valence-corrected chi connectivity index (χ4v) is 3.76. The van der Waals surface area contributed by atoms with E-state index >= 15 is 0 Å². The first-order valence-electron chi connectivity index (χ1n) is 6.74. The van der Waals surface area contributed by atoms with Gasteiger partial charge in [-0.05, 0) is 26.0 Å². The molecule has 1 aromatic rings. The van der Waals surface area contributed by atoms with Crippen LogP contribution in [-0.2, 0) is 13.8 Å². The molecular weight excluding hydrogens is 314 g/mol. The molecule has 116 valence electrons. The van der Waals surface area contributed by atoms with Crippen LogP contribution in [0.25, 0.3) is 0 Å². The highest BCUT2D eigenvalue weighted by Gasteiger charge is 2.34. The zero-order valence-corrected chi connectivity index (χ0v) is 13.5. The van der Waals surface area contributed by atoms with Crippen molar-refractivity contribution in [2.75, 3.05) is 17.2 Å². The van der Waals surface area contributed by atoms with E-state index in [1.54, 1.807) is 17.0 Å². The van der Waals surface area contributed by atoms with Gasteiger partial charge in [-0.3, -0.25) is 4.79 Å². The van der Waals surface area contributed by atoms with Gasteiger partial charge < -0.3 is 9.64 Å². The minimum absolute atomic E-state index is 0.0112. The molecule has 1 aromatic carbocycles. The number of nitrogens with zero attached hydrogens (tertiary/aromatic N) is 1. The number of carbonyl (C=O) groups is 1. The highest BCUT2D eigenvalue weighted by atomic mass is 35.7. The summed E-state index contributed by atoms with van der Waals surface area (Å²) in [6.07, 6.45) is 0.171. The summed E-state index contributed by atoms with van der Waals surface area (Å²) in [7, 11) is 1.67. The molecule has 0 N–H and O–H groups in total. The Morgan fingerprint density at radius 3 is 2.67 bits per heavy atom. The average molecular weight is 332 g/mol. The number of hydrogen-bond donors (Lipinski definition) is 0. The van der Waals surface area contributed by atoms with E-state index in [1.807, 2.05) is 26.0 Å². The first-order chi connectivity index (χ1) is 9.76. The second kappa shape index (κ2) is 6.23. The third-order valence-electron chi connectivity index (χ3n) is 3.16. The lowest BCUT2D eigenvalue weighted by Gasteiger charge is -2.21. The number of carbonyl (C=O) groups excluding carboxylic acids is 1. The maximum absolute atomic E-state index is 12.1. The maximum Gasteiger partial charge on any atom is 0.232 e. The van der Waals surface area contributed by atoms with Crippen molar-refractivity contribution < 1.29 is 17.9 Å². The molecule has 2 rings (SSSR count). The molecule has 0 saturated carbocycles. The van der Waals surface area contributed by atoms with Gasteiger partial charge >= 0.3 is 0 Å². The first kappa shape index (κ1) is 16.1. The Balaban J connectivity index is 2.21. The van der Waals surface area contributed by atoms with Crippen LogP contribution in [-0.4, -0.2) is 32.7 Å². The van der Waals surface area contributed by atoms with Crippen molar-refractivity contribution in [3.63, 3.8) is 0 Å². The van der Waals surface area contributed by atoms with Gasteiger partial charge in [0.05, 0.1) is 17.5 Å². The average Bonchev–Trinajstić information content (AvgIpc) is 2.67. The van der Waals surface area contributed by atoms with Crippen LogP contribution in [0.3, 0.4) is 0 Å². The van der Waals surface area contributed by atoms with Crippen molar-refractivity contribution in [1.29, 1.82) is 0 Å². The number of benzene rings is 1. The van der Waals surface area contributed by atoms with Gasteiger partial charge in [-0.2, -0.15) is 0 Å². The molecule has 21 heavy (non-hydrogen) atoms. The first-order valence-corrected chi connectivity index (χ1v) is 9.22. The third-order valence-corrected chi connectivity index (χ3v) is 4.41. The van der Waals surface area contributed by atoms with Crippen LogP contribution in [0.1, 0.15) is 20.3 Å². The predicted octanol–water partition coefficient (Wildman–Crippen LogP) is 2.40. The van der Waals surface area contributed by atoms with Crippen molar-refractivity contribution in [2.45, 2.75) is 26.4 Å². The van der Waals surface area contributed by atoms with Gasteiger partial charge in [0.1, 0.15) is 5.75 Å². The van der Waals surface area contributed by atoms with Crippen LogP contribution >= 0.6 is 10.7 Å². The normalized spacial score (nSPS) is 19.3. The molecule has 1 aliphatic rings. The molecule has 1 aliphatic heterocycles. The summed E-state index contributed by atoms with van der Waals surface area (Å²) in [5.41, 5.74) is 0.672. The van der Waals surface area contributed by atoms with Crippen molar-refractivity contribution in [3.8, 4) is 5.75 Å². The molecule has 0 spiro atoms. The Hall–Kier alpha value is -1.27. The maximum atomic E-state index is 12.1. The molecule has 1 saturated heterocycles. The molecule has 1 atom stereocenters. The lowest BCUT2D eigenvalue weighted by molar-refractivity contribution is -0.117. The molecular formula is C14H18ClNO4S. The molecule has 7 heteroatoms. The van der Waals surface area contributed by atoms with E-state index in [0.717, 1.165) is 0 Å². The molecule has 1 heterocycles. The second-order valence-corrected chi connectivity index (χ2v) is 8.24. The number of hydrogen-bond acceptors (Lipinski definition) is 4. The van der Waals surface area contributed by atoms with Gasteiger partial charge in [0.15, 0.2) is 0 Å². The standard InChI is InChI=1S/C14H18ClNO4S/c1-10(2)20-13-6-4-3-5-12(13)16-8-11(7-14(16)17)9-21(15,18)19/h3-6,10-11H,7-9H2,1-2H3. The van der Waals surface area contributed by atoms with E-state index in [4.69, 9.17) is 15.4 Å². The smallest absolute Gasteiger partial charge is 0.232 e. The minimum atomic E-state index is -3.60. The van der Waals surface area contributed by atoms with Gasteiger partial charge in [0, 0.05) is 29.6 Å². The Kier molecular flexibility index (Phi) is 4.78. The van der Waals surface area contributed by atoms with Crippen molar-refractivity contribution in [2.24, 2.45) is 5.92 Å². The Bertz CT molecular complexity index is 630. The molecule has 0 aliphatic carbocycles. The molecule has 0 radical (unpaired) electrons. The molecule has 5 nitrogen and oxygen atoms in total. The van der Waals surface area contributed by atoms with E-state index < -0.39 is 9.05 Å². The fourth-order valence-electron chi connectivity index (χ4n) is 2.44. The van der Waals surface area contributed by atoms with Crippen LogP contribution in [0.4, 0.5) is 5.69 Å². The Morgan fingerprint density at radius 2 is 2.05 bits per heavy atom. The number of amides is 1. The largest absolute Gasteiger partial charge is 0.489 e. The van der Waals surface area contributed by atoms with Crippen LogP contribution in [0.15, 0.2) is 24.3 Å². The monoisotopic (exact) mass is 331 g/mol. The van der Waals surface area contributed by atoms with Gasteiger partial charge in [0.2, 0.25) is 15.0 Å². The van der Waals surface area contributed by atoms with E-state index in [2.05, 4.69) is 0 Å². The Labute approximate surface area is 129 Å². The fraction of sp³-hybridized carbons (Fsp3) is 0.500. The van der Waals surface area contributed by atoms with Crippen LogP contribution in [0, 0.1) is 5.92 Å².